The Hall–Kier alpha value is -7.43. The van der Waals surface area contributed by atoms with Crippen molar-refractivity contribution in [1.82, 2.24) is 0 Å². The van der Waals surface area contributed by atoms with Gasteiger partial charge in [0.05, 0.1) is 44.2 Å². The zero-order valence-electron chi connectivity index (χ0n) is 53.6. The van der Waals surface area contributed by atoms with Gasteiger partial charge in [0.2, 0.25) is 0 Å². The summed E-state index contributed by atoms with van der Waals surface area (Å²) in [7, 11) is 0. The van der Waals surface area contributed by atoms with E-state index in [-0.39, 0.29) is 71.5 Å². The molecule has 5 aromatic rings. The minimum Gasteiger partial charge on any atom is -0.504 e. The number of hydrogen-bond acceptors (Lipinski definition) is 15. The molecule has 16 heteroatoms. The average molecular weight is 1200 g/mol. The second kappa shape index (κ2) is 42.4. The molecule has 5 aromatic carbocycles. The first kappa shape index (κ1) is 76.6. The third-order valence-electron chi connectivity index (χ3n) is 14.1. The van der Waals surface area contributed by atoms with Crippen molar-refractivity contribution in [1.29, 1.82) is 0 Å². The molecule has 5 rings (SSSR count). The fraction of sp³-hybridized carbons (Fsp3) is 0.500. The van der Waals surface area contributed by atoms with Crippen LogP contribution in [0.25, 0.3) is 0 Å². The molecule has 0 aliphatic carbocycles. The molecule has 0 unspecified atom stereocenters. The molecule has 0 aliphatic rings. The summed E-state index contributed by atoms with van der Waals surface area (Å²) >= 11 is 0. The van der Waals surface area contributed by atoms with Crippen molar-refractivity contribution < 1.29 is 68.5 Å². The minimum absolute atomic E-state index is 0.0658. The van der Waals surface area contributed by atoms with E-state index in [2.05, 4.69) is 117 Å². The zero-order valence-corrected chi connectivity index (χ0v) is 53.6. The minimum atomic E-state index is -1.10. The first-order valence-corrected chi connectivity index (χ1v) is 30.3. The number of hydrogen-bond donors (Lipinski definition) is 7. The number of carboxylic acids is 1. The summed E-state index contributed by atoms with van der Waals surface area (Å²) in [5, 5.41) is 45.1. The zero-order chi connectivity index (χ0) is 64.9. The molecule has 0 aromatic heterocycles. The fourth-order valence-corrected chi connectivity index (χ4v) is 7.97. The number of carbonyl (C=O) groups excluding carboxylic acids is 4. The second-order valence-electron chi connectivity index (χ2n) is 22.3. The fourth-order valence-electron chi connectivity index (χ4n) is 7.97. The molecule has 5 atom stereocenters. The summed E-state index contributed by atoms with van der Waals surface area (Å²) in [6, 6.07) is 25.8. The van der Waals surface area contributed by atoms with E-state index < -0.39 is 24.0 Å². The molecule has 16 nitrogen and oxygen atoms in total. The van der Waals surface area contributed by atoms with Gasteiger partial charge in [-0.3, -0.25) is 24.0 Å². The summed E-state index contributed by atoms with van der Waals surface area (Å²) < 4.78 is 20.7. The Labute approximate surface area is 512 Å². The molecule has 0 saturated heterocycles. The molecule has 0 bridgehead atoms. The van der Waals surface area contributed by atoms with Crippen LogP contribution in [0, 0.1) is 59.3 Å². The number of aryl methyl sites for hydroxylation is 6. The van der Waals surface area contributed by atoms with Crippen LogP contribution in [0.1, 0.15) is 161 Å². The third-order valence-corrected chi connectivity index (χ3v) is 14.1. The molecule has 86 heavy (non-hydrogen) atoms. The van der Waals surface area contributed by atoms with E-state index in [4.69, 9.17) is 50.8 Å². The van der Waals surface area contributed by atoms with Crippen LogP contribution >= 0.6 is 0 Å². The van der Waals surface area contributed by atoms with E-state index in [9.17, 15) is 29.1 Å². The molecule has 0 heterocycles. The van der Waals surface area contributed by atoms with Crippen molar-refractivity contribution in [3.05, 3.63) is 152 Å². The highest BCUT2D eigenvalue weighted by atomic mass is 16.5. The molecule has 0 aliphatic heterocycles. The molecule has 0 saturated carbocycles. The van der Waals surface area contributed by atoms with Crippen molar-refractivity contribution in [2.75, 3.05) is 26.4 Å². The molecule has 0 spiro atoms. The predicted octanol–water partition coefficient (Wildman–Crippen LogP) is 12.8. The second-order valence-corrected chi connectivity index (χ2v) is 22.3. The van der Waals surface area contributed by atoms with Gasteiger partial charge in [-0.1, -0.05) is 141 Å². The number of rotatable bonds is 27. The smallest absolute Gasteiger partial charge is 0.323 e. The number of aromatic hydroxyl groups is 4. The van der Waals surface area contributed by atoms with Gasteiger partial charge in [0.25, 0.3) is 0 Å². The highest BCUT2D eigenvalue weighted by Crippen LogP contribution is 2.27. The van der Waals surface area contributed by atoms with Crippen molar-refractivity contribution >= 4 is 29.8 Å². The number of phenols is 4. The highest BCUT2D eigenvalue weighted by molar-refractivity contribution is 5.76. The van der Waals surface area contributed by atoms with Crippen LogP contribution in [-0.4, -0.2) is 93.9 Å². The molecule has 0 radical (unpaired) electrons. The van der Waals surface area contributed by atoms with Gasteiger partial charge >= 0.3 is 29.8 Å². The maximum Gasteiger partial charge on any atom is 0.323 e. The molecule has 9 N–H and O–H groups in total. The van der Waals surface area contributed by atoms with Crippen LogP contribution in [-0.2, 0) is 75.0 Å². The Kier molecular flexibility index (Phi) is 37.8. The van der Waals surface area contributed by atoms with E-state index in [0.717, 1.165) is 70.6 Å². The summed E-state index contributed by atoms with van der Waals surface area (Å²) in [5.74, 6) is -2.93. The summed E-state index contributed by atoms with van der Waals surface area (Å²) in [5.41, 5.74) is 23.5. The third kappa shape index (κ3) is 31.6. The van der Waals surface area contributed by atoms with E-state index in [0.29, 0.717) is 37.6 Å². The van der Waals surface area contributed by atoms with Gasteiger partial charge < -0.3 is 55.9 Å². The number of phenolic OH excluding ortho intramolecular Hbond substituents is 4. The number of carbonyl (C=O) groups is 5. The maximum atomic E-state index is 11.8. The van der Waals surface area contributed by atoms with Gasteiger partial charge in [-0.25, -0.2) is 0 Å². The Morgan fingerprint density at radius 1 is 0.360 bits per heavy atom. The van der Waals surface area contributed by atoms with Gasteiger partial charge in [-0.2, -0.15) is 0 Å². The van der Waals surface area contributed by atoms with Crippen LogP contribution in [0.15, 0.2) is 91.0 Å². The summed E-state index contributed by atoms with van der Waals surface area (Å²) in [6.45, 7) is 28.7. The molecular weight excluding hydrogens is 1090 g/mol. The first-order chi connectivity index (χ1) is 40.7. The Morgan fingerprint density at radius 3 is 0.872 bits per heavy atom. The predicted molar refractivity (Wildman–Crippen MR) is 340 cm³/mol. The maximum absolute atomic E-state index is 11.8. The van der Waals surface area contributed by atoms with Crippen LogP contribution < -0.4 is 11.5 Å². The lowest BCUT2D eigenvalue weighted by Crippen LogP contribution is -2.34. The molecule has 0 fully saturated rings. The van der Waals surface area contributed by atoms with Gasteiger partial charge in [0, 0.05) is 0 Å². The SMILES string of the molecule is CCCCOC(=O)[C@@H](C)Cc1ccc(C)c(C)c1.CCCCOC(=O)[C@@H](C)Cc1ccc(C)c(C)c1.CCCCOC(=O)[C@@H](C)Cc1ccc(C)c(C)c1.CCCCOC(=O)[C@@H](N)Cc1ccc(O)c(O)c1.N[C@@H](Cc1ccc(O)c(O)c1)C(=O)O. The first-order valence-electron chi connectivity index (χ1n) is 30.3. The quantitative estimate of drug-likeness (QED) is 0.0111. The topological polar surface area (TPSA) is 275 Å². The standard InChI is InChI=1S/3C16H24O2.C13H19NO4.C9H11NO4/c3*1-5-6-9-18-16(17)14(4)11-15-8-7-12(2)13(3)10-15;1-2-3-6-18-13(17)10(14)7-9-4-5-11(15)12(16)8-9;10-6(9(13)14)3-5-1-2-7(11)8(12)4-5/h3*7-8,10,14H,5-6,9,11H2,1-4H3;4-5,8,10,15-16H,2-3,6-7,14H2,1H3;1-2,4,6,11-12H,3,10H2,(H,13,14)/t3*14-;10-;6-/m00000/s1. The number of carboxylic acid groups (broad SMARTS) is 1. The Bertz CT molecular complexity index is 2520. The van der Waals surface area contributed by atoms with Crippen molar-refractivity contribution in [2.45, 2.75) is 186 Å². The lowest BCUT2D eigenvalue weighted by atomic mass is 9.98. The molecular formula is C70H102N2O14. The lowest BCUT2D eigenvalue weighted by molar-refractivity contribution is -0.148. The van der Waals surface area contributed by atoms with Crippen molar-refractivity contribution in [2.24, 2.45) is 29.2 Å². The van der Waals surface area contributed by atoms with Gasteiger partial charge in [-0.15, -0.1) is 0 Å². The van der Waals surface area contributed by atoms with Gasteiger partial charge in [0.1, 0.15) is 12.1 Å². The van der Waals surface area contributed by atoms with E-state index in [1.807, 2.05) is 27.7 Å². The summed E-state index contributed by atoms with van der Waals surface area (Å²) in [4.78, 5) is 57.2. The largest absolute Gasteiger partial charge is 0.504 e. The number of benzene rings is 5. The van der Waals surface area contributed by atoms with Gasteiger partial charge in [0.15, 0.2) is 23.0 Å². The Balaban J connectivity index is 0.000000539. The van der Waals surface area contributed by atoms with Crippen LogP contribution in [0.3, 0.4) is 0 Å². The molecule has 0 amide bonds. The van der Waals surface area contributed by atoms with Gasteiger partial charge in [-0.05, 0) is 185 Å². The number of aliphatic carboxylic acids is 1. The normalized spacial score (nSPS) is 12.2. The van der Waals surface area contributed by atoms with Crippen molar-refractivity contribution in [3.8, 4) is 23.0 Å². The average Bonchev–Trinajstić information content (AvgIpc) is 3.62. The monoisotopic (exact) mass is 1190 g/mol. The van der Waals surface area contributed by atoms with Crippen LogP contribution in [0.4, 0.5) is 0 Å². The number of unbranched alkanes of at least 4 members (excludes halogenated alkanes) is 4. The summed E-state index contributed by atoms with van der Waals surface area (Å²) in [6.07, 6.45) is 10.4. The number of ether oxygens (including phenoxy) is 4. The van der Waals surface area contributed by atoms with Crippen LogP contribution in [0.5, 0.6) is 23.0 Å². The highest BCUT2D eigenvalue weighted by Gasteiger charge is 2.19. The lowest BCUT2D eigenvalue weighted by Gasteiger charge is -2.12. The molecule has 476 valence electrons. The van der Waals surface area contributed by atoms with E-state index in [1.165, 1.54) is 80.4 Å². The number of esters is 4. The number of nitrogens with two attached hydrogens (primary N) is 2. The van der Waals surface area contributed by atoms with E-state index >= 15 is 0 Å². The van der Waals surface area contributed by atoms with Crippen LogP contribution in [0.2, 0.25) is 0 Å². The Morgan fingerprint density at radius 2 is 0.616 bits per heavy atom. The van der Waals surface area contributed by atoms with E-state index in [1.54, 1.807) is 6.07 Å². The van der Waals surface area contributed by atoms with Crippen molar-refractivity contribution in [3.63, 3.8) is 0 Å².